The van der Waals surface area contributed by atoms with Crippen LogP contribution in [0.3, 0.4) is 0 Å². The van der Waals surface area contributed by atoms with Crippen molar-refractivity contribution in [2.24, 2.45) is 0 Å². The van der Waals surface area contributed by atoms with Gasteiger partial charge in [-0.1, -0.05) is 11.6 Å². The highest BCUT2D eigenvalue weighted by Gasteiger charge is 2.06. The summed E-state index contributed by atoms with van der Waals surface area (Å²) in [6.07, 6.45) is -0.0635. The van der Waals surface area contributed by atoms with Crippen LogP contribution < -0.4 is 5.32 Å². The molecule has 0 fully saturated rings. The van der Waals surface area contributed by atoms with Crippen molar-refractivity contribution in [3.8, 4) is 0 Å². The molecule has 0 heterocycles. The number of halogens is 2. The summed E-state index contributed by atoms with van der Waals surface area (Å²) >= 11 is 5.61. The van der Waals surface area contributed by atoms with Gasteiger partial charge in [-0.3, -0.25) is 4.79 Å². The summed E-state index contributed by atoms with van der Waals surface area (Å²) in [6.45, 7) is -0.270. The summed E-state index contributed by atoms with van der Waals surface area (Å²) in [6, 6.07) is 3.86. The van der Waals surface area contributed by atoms with Crippen LogP contribution in [-0.4, -0.2) is 17.6 Å². The number of aliphatic hydroxyl groups is 1. The van der Waals surface area contributed by atoms with Crippen molar-refractivity contribution in [3.05, 3.63) is 29.0 Å². The molecule has 1 amide bonds. The number of carbonyl (C=O) groups excluding carboxylic acids is 1. The third-order valence-corrected chi connectivity index (χ3v) is 1.78. The second kappa shape index (κ2) is 4.93. The van der Waals surface area contributed by atoms with Crippen LogP contribution in [0.2, 0.25) is 5.02 Å². The van der Waals surface area contributed by atoms with Crippen LogP contribution in [0.5, 0.6) is 0 Å². The second-order valence-electron chi connectivity index (χ2n) is 2.65. The van der Waals surface area contributed by atoms with Crippen molar-refractivity contribution in [2.45, 2.75) is 6.42 Å². The average molecular weight is 218 g/mol. The number of rotatable bonds is 3. The molecule has 0 atom stereocenters. The molecule has 76 valence electrons. The number of benzene rings is 1. The first kappa shape index (κ1) is 10.9. The van der Waals surface area contributed by atoms with Crippen molar-refractivity contribution in [2.75, 3.05) is 11.9 Å². The Labute approximate surface area is 85.5 Å². The number of hydrogen-bond acceptors (Lipinski definition) is 2. The molecule has 1 aromatic rings. The zero-order valence-electron chi connectivity index (χ0n) is 7.26. The van der Waals surface area contributed by atoms with Crippen molar-refractivity contribution >= 4 is 23.2 Å². The van der Waals surface area contributed by atoms with Crippen LogP contribution in [0.1, 0.15) is 6.42 Å². The Kier molecular flexibility index (Phi) is 3.85. The van der Waals surface area contributed by atoms with Gasteiger partial charge < -0.3 is 10.4 Å². The molecule has 0 aliphatic carbocycles. The van der Waals surface area contributed by atoms with Gasteiger partial charge in [-0.25, -0.2) is 4.39 Å². The minimum atomic E-state index is -0.555. The van der Waals surface area contributed by atoms with E-state index in [9.17, 15) is 9.18 Å². The Morgan fingerprint density at radius 3 is 2.93 bits per heavy atom. The molecule has 5 heteroatoms. The summed E-state index contributed by atoms with van der Waals surface area (Å²) in [4.78, 5) is 11.0. The van der Waals surface area contributed by atoms with Crippen LogP contribution in [-0.2, 0) is 4.79 Å². The number of nitrogens with one attached hydrogen (secondary N) is 1. The highest BCUT2D eigenvalue weighted by Crippen LogP contribution is 2.19. The molecule has 14 heavy (non-hydrogen) atoms. The fourth-order valence-electron chi connectivity index (χ4n) is 0.908. The minimum Gasteiger partial charge on any atom is -0.396 e. The van der Waals surface area contributed by atoms with Crippen molar-refractivity contribution < 1.29 is 14.3 Å². The first-order valence-corrected chi connectivity index (χ1v) is 4.37. The van der Waals surface area contributed by atoms with Gasteiger partial charge in [0.1, 0.15) is 5.82 Å². The number of amides is 1. The number of carbonyl (C=O) groups is 1. The molecule has 1 aromatic carbocycles. The Balaban J connectivity index is 2.75. The first-order chi connectivity index (χ1) is 6.63. The lowest BCUT2D eigenvalue weighted by atomic mass is 10.3. The average Bonchev–Trinajstić information content (AvgIpc) is 2.12. The first-order valence-electron chi connectivity index (χ1n) is 3.99. The summed E-state index contributed by atoms with van der Waals surface area (Å²) in [5.41, 5.74) is 0.0240. The number of anilines is 1. The lowest BCUT2D eigenvalue weighted by molar-refractivity contribution is -0.116. The molecule has 0 aliphatic rings. The van der Waals surface area contributed by atoms with Crippen LogP contribution >= 0.6 is 11.6 Å². The van der Waals surface area contributed by atoms with E-state index in [0.29, 0.717) is 5.02 Å². The molecule has 0 bridgehead atoms. The molecular formula is C9H9ClFNO2. The molecule has 0 radical (unpaired) electrons. The predicted octanol–water partition coefficient (Wildman–Crippen LogP) is 1.80. The van der Waals surface area contributed by atoms with E-state index >= 15 is 0 Å². The standard InChI is InChI=1S/C9H9ClFNO2/c10-6-1-2-7(11)8(5-6)12-9(14)3-4-13/h1-2,5,13H,3-4H2,(H,12,14). The van der Waals surface area contributed by atoms with E-state index in [1.54, 1.807) is 0 Å². The molecule has 0 saturated carbocycles. The van der Waals surface area contributed by atoms with Gasteiger partial charge in [0.05, 0.1) is 18.7 Å². The molecule has 2 N–H and O–H groups in total. The normalized spacial score (nSPS) is 9.93. The van der Waals surface area contributed by atoms with Crippen LogP contribution in [0.4, 0.5) is 10.1 Å². The molecule has 0 aromatic heterocycles. The van der Waals surface area contributed by atoms with Gasteiger partial charge in [0.25, 0.3) is 0 Å². The molecular weight excluding hydrogens is 209 g/mol. The van der Waals surface area contributed by atoms with Crippen LogP contribution in [0.15, 0.2) is 18.2 Å². The van der Waals surface area contributed by atoms with E-state index in [0.717, 1.165) is 6.07 Å². The Hall–Kier alpha value is -1.13. The van der Waals surface area contributed by atoms with Gasteiger partial charge >= 0.3 is 0 Å². The maximum absolute atomic E-state index is 13.0. The predicted molar refractivity (Wildman–Crippen MR) is 51.7 cm³/mol. The van der Waals surface area contributed by atoms with E-state index in [1.807, 2.05) is 0 Å². The minimum absolute atomic E-state index is 0.0240. The zero-order chi connectivity index (χ0) is 10.6. The van der Waals surface area contributed by atoms with Gasteiger partial charge in [-0.15, -0.1) is 0 Å². The van der Waals surface area contributed by atoms with Crippen molar-refractivity contribution in [1.82, 2.24) is 0 Å². The van der Waals surface area contributed by atoms with E-state index in [-0.39, 0.29) is 18.7 Å². The Morgan fingerprint density at radius 1 is 1.57 bits per heavy atom. The van der Waals surface area contributed by atoms with Crippen molar-refractivity contribution in [3.63, 3.8) is 0 Å². The Morgan fingerprint density at radius 2 is 2.29 bits per heavy atom. The van der Waals surface area contributed by atoms with Gasteiger partial charge in [-0.05, 0) is 18.2 Å². The van der Waals surface area contributed by atoms with E-state index in [1.165, 1.54) is 12.1 Å². The molecule has 3 nitrogen and oxygen atoms in total. The number of aliphatic hydroxyl groups excluding tert-OH is 1. The highest BCUT2D eigenvalue weighted by atomic mass is 35.5. The third kappa shape index (κ3) is 2.97. The fraction of sp³-hybridized carbons (Fsp3) is 0.222. The van der Waals surface area contributed by atoms with Crippen molar-refractivity contribution in [1.29, 1.82) is 0 Å². The monoisotopic (exact) mass is 217 g/mol. The van der Waals surface area contributed by atoms with E-state index < -0.39 is 11.7 Å². The summed E-state index contributed by atoms with van der Waals surface area (Å²) in [5.74, 6) is -1.01. The van der Waals surface area contributed by atoms with Gasteiger partial charge in [0.2, 0.25) is 5.91 Å². The lowest BCUT2D eigenvalue weighted by Crippen LogP contribution is -2.13. The molecule has 0 unspecified atom stereocenters. The van der Waals surface area contributed by atoms with Gasteiger partial charge in [-0.2, -0.15) is 0 Å². The van der Waals surface area contributed by atoms with Gasteiger partial charge in [0.15, 0.2) is 0 Å². The quantitative estimate of drug-likeness (QED) is 0.811. The summed E-state index contributed by atoms with van der Waals surface area (Å²) < 4.78 is 13.0. The zero-order valence-corrected chi connectivity index (χ0v) is 8.01. The summed E-state index contributed by atoms with van der Waals surface area (Å²) in [5, 5.41) is 11.1. The lowest BCUT2D eigenvalue weighted by Gasteiger charge is -2.05. The molecule has 0 saturated heterocycles. The van der Waals surface area contributed by atoms with Crippen LogP contribution in [0, 0.1) is 5.82 Å². The van der Waals surface area contributed by atoms with E-state index in [2.05, 4.69) is 5.32 Å². The smallest absolute Gasteiger partial charge is 0.226 e. The van der Waals surface area contributed by atoms with E-state index in [4.69, 9.17) is 16.7 Å². The largest absolute Gasteiger partial charge is 0.396 e. The summed E-state index contributed by atoms with van der Waals surface area (Å²) in [7, 11) is 0. The Bertz CT molecular complexity index is 344. The van der Waals surface area contributed by atoms with Gasteiger partial charge in [0, 0.05) is 5.02 Å². The third-order valence-electron chi connectivity index (χ3n) is 1.54. The highest BCUT2D eigenvalue weighted by molar-refractivity contribution is 6.30. The second-order valence-corrected chi connectivity index (χ2v) is 3.08. The molecule has 0 spiro atoms. The topological polar surface area (TPSA) is 49.3 Å². The molecule has 1 rings (SSSR count). The maximum Gasteiger partial charge on any atom is 0.226 e. The van der Waals surface area contributed by atoms with Crippen LogP contribution in [0.25, 0.3) is 0 Å². The maximum atomic E-state index is 13.0. The SMILES string of the molecule is O=C(CCO)Nc1cc(Cl)ccc1F. The molecule has 0 aliphatic heterocycles. The fourth-order valence-corrected chi connectivity index (χ4v) is 1.08. The number of hydrogen-bond donors (Lipinski definition) is 2.